The smallest absolute Gasteiger partial charge is 0.164 e. The van der Waals surface area contributed by atoms with Crippen molar-refractivity contribution >= 4 is 11.6 Å². The number of nitrogens with two attached hydrogens (primary N) is 1. The standard InChI is InChI=1S/C15H14ClF2N/c1-8-3-5-10(12(16)7-8)15(19)11-6-4-9(2)13(17)14(11)18/h3-7,15H,19H2,1-2H3. The summed E-state index contributed by atoms with van der Waals surface area (Å²) in [5.74, 6) is -1.78. The first-order chi connectivity index (χ1) is 8.91. The van der Waals surface area contributed by atoms with Gasteiger partial charge in [-0.2, -0.15) is 0 Å². The topological polar surface area (TPSA) is 26.0 Å². The van der Waals surface area contributed by atoms with Crippen molar-refractivity contribution in [3.05, 3.63) is 69.2 Å². The number of aryl methyl sites for hydroxylation is 2. The summed E-state index contributed by atoms with van der Waals surface area (Å²) >= 11 is 6.10. The Bertz CT molecular complexity index is 626. The number of hydrogen-bond donors (Lipinski definition) is 1. The monoisotopic (exact) mass is 281 g/mol. The second-order valence-corrected chi connectivity index (χ2v) is 5.01. The highest BCUT2D eigenvalue weighted by molar-refractivity contribution is 6.31. The third-order valence-electron chi connectivity index (χ3n) is 3.13. The molecule has 0 spiro atoms. The van der Waals surface area contributed by atoms with Crippen LogP contribution in [-0.4, -0.2) is 0 Å². The second-order valence-electron chi connectivity index (χ2n) is 4.60. The largest absolute Gasteiger partial charge is 0.320 e. The zero-order valence-corrected chi connectivity index (χ0v) is 11.4. The molecule has 0 aliphatic carbocycles. The molecule has 0 aliphatic heterocycles. The molecule has 0 radical (unpaired) electrons. The van der Waals surface area contributed by atoms with Crippen LogP contribution in [0.3, 0.4) is 0 Å². The lowest BCUT2D eigenvalue weighted by molar-refractivity contribution is 0.489. The Balaban J connectivity index is 2.50. The Kier molecular flexibility index (Phi) is 3.88. The van der Waals surface area contributed by atoms with E-state index in [0.717, 1.165) is 5.56 Å². The average Bonchev–Trinajstić information content (AvgIpc) is 2.35. The van der Waals surface area contributed by atoms with E-state index in [9.17, 15) is 8.78 Å². The molecule has 1 unspecified atom stereocenters. The fourth-order valence-corrected chi connectivity index (χ4v) is 2.31. The number of rotatable bonds is 2. The number of hydrogen-bond acceptors (Lipinski definition) is 1. The van der Waals surface area contributed by atoms with Crippen LogP contribution < -0.4 is 5.73 Å². The molecule has 19 heavy (non-hydrogen) atoms. The van der Waals surface area contributed by atoms with E-state index in [4.69, 9.17) is 17.3 Å². The van der Waals surface area contributed by atoms with Crippen LogP contribution in [-0.2, 0) is 0 Å². The first-order valence-electron chi connectivity index (χ1n) is 5.88. The van der Waals surface area contributed by atoms with Crippen LogP contribution in [0.2, 0.25) is 5.02 Å². The van der Waals surface area contributed by atoms with E-state index >= 15 is 0 Å². The van der Waals surface area contributed by atoms with Gasteiger partial charge < -0.3 is 5.73 Å². The van der Waals surface area contributed by atoms with Crippen molar-refractivity contribution < 1.29 is 8.78 Å². The van der Waals surface area contributed by atoms with Crippen LogP contribution >= 0.6 is 11.6 Å². The average molecular weight is 282 g/mol. The molecule has 0 aliphatic rings. The predicted molar refractivity (Wildman–Crippen MR) is 73.3 cm³/mol. The lowest BCUT2D eigenvalue weighted by Gasteiger charge is -2.16. The molecule has 0 saturated heterocycles. The van der Waals surface area contributed by atoms with Gasteiger partial charge >= 0.3 is 0 Å². The minimum Gasteiger partial charge on any atom is -0.320 e. The normalized spacial score (nSPS) is 12.5. The third-order valence-corrected chi connectivity index (χ3v) is 3.46. The first-order valence-corrected chi connectivity index (χ1v) is 6.25. The summed E-state index contributed by atoms with van der Waals surface area (Å²) < 4.78 is 27.5. The Morgan fingerprint density at radius 1 is 1.00 bits per heavy atom. The molecule has 2 N–H and O–H groups in total. The molecule has 0 amide bonds. The van der Waals surface area contributed by atoms with E-state index in [1.54, 1.807) is 12.1 Å². The van der Waals surface area contributed by atoms with Gasteiger partial charge in [0.2, 0.25) is 0 Å². The molecule has 0 bridgehead atoms. The van der Waals surface area contributed by atoms with Gasteiger partial charge in [-0.3, -0.25) is 0 Å². The summed E-state index contributed by atoms with van der Waals surface area (Å²) in [6, 6.07) is 7.54. The van der Waals surface area contributed by atoms with Gasteiger partial charge in [-0.05, 0) is 36.6 Å². The first kappa shape index (κ1) is 14.0. The van der Waals surface area contributed by atoms with Gasteiger partial charge in [0.05, 0.1) is 6.04 Å². The third kappa shape index (κ3) is 2.62. The van der Waals surface area contributed by atoms with Gasteiger partial charge in [-0.25, -0.2) is 8.78 Å². The molecular weight excluding hydrogens is 268 g/mol. The highest BCUT2D eigenvalue weighted by Gasteiger charge is 2.19. The summed E-state index contributed by atoms with van der Waals surface area (Å²) in [5.41, 5.74) is 7.92. The Morgan fingerprint density at radius 3 is 2.26 bits per heavy atom. The number of halogens is 3. The van der Waals surface area contributed by atoms with Crippen LogP contribution in [0.15, 0.2) is 30.3 Å². The summed E-state index contributed by atoms with van der Waals surface area (Å²) in [6.07, 6.45) is 0. The Morgan fingerprint density at radius 2 is 1.63 bits per heavy atom. The van der Waals surface area contributed by atoms with E-state index in [0.29, 0.717) is 10.6 Å². The molecule has 2 aromatic carbocycles. The van der Waals surface area contributed by atoms with Crippen molar-refractivity contribution in [3.63, 3.8) is 0 Å². The summed E-state index contributed by atoms with van der Waals surface area (Å²) in [4.78, 5) is 0. The van der Waals surface area contributed by atoms with E-state index in [1.165, 1.54) is 19.1 Å². The zero-order chi connectivity index (χ0) is 14.2. The van der Waals surface area contributed by atoms with E-state index < -0.39 is 17.7 Å². The molecule has 0 heterocycles. The van der Waals surface area contributed by atoms with Crippen molar-refractivity contribution in [2.24, 2.45) is 5.73 Å². The van der Waals surface area contributed by atoms with Gasteiger partial charge in [0.25, 0.3) is 0 Å². The van der Waals surface area contributed by atoms with E-state index in [1.807, 2.05) is 13.0 Å². The maximum Gasteiger partial charge on any atom is 0.164 e. The summed E-state index contributed by atoms with van der Waals surface area (Å²) in [5, 5.41) is 0.452. The molecule has 0 saturated carbocycles. The maximum absolute atomic E-state index is 13.9. The van der Waals surface area contributed by atoms with Gasteiger partial charge in [0.1, 0.15) is 0 Å². The van der Waals surface area contributed by atoms with Crippen molar-refractivity contribution in [3.8, 4) is 0 Å². The van der Waals surface area contributed by atoms with Crippen LogP contribution in [0.4, 0.5) is 8.78 Å². The fourth-order valence-electron chi connectivity index (χ4n) is 1.95. The van der Waals surface area contributed by atoms with Gasteiger partial charge in [0.15, 0.2) is 11.6 Å². The lowest BCUT2D eigenvalue weighted by Crippen LogP contribution is -2.15. The molecule has 0 fully saturated rings. The van der Waals surface area contributed by atoms with Crippen LogP contribution in [0.5, 0.6) is 0 Å². The SMILES string of the molecule is Cc1ccc(C(N)c2ccc(C)c(F)c2F)c(Cl)c1. The van der Waals surface area contributed by atoms with E-state index in [2.05, 4.69) is 0 Å². The minimum atomic E-state index is -0.913. The van der Waals surface area contributed by atoms with Crippen molar-refractivity contribution in [1.82, 2.24) is 0 Å². The molecule has 1 atom stereocenters. The molecule has 1 nitrogen and oxygen atoms in total. The minimum absolute atomic E-state index is 0.105. The fraction of sp³-hybridized carbons (Fsp3) is 0.200. The molecular formula is C15H14ClF2N. The lowest BCUT2D eigenvalue weighted by atomic mass is 9.97. The van der Waals surface area contributed by atoms with Crippen LogP contribution in [0.1, 0.15) is 28.3 Å². The highest BCUT2D eigenvalue weighted by atomic mass is 35.5. The maximum atomic E-state index is 13.9. The summed E-state index contributed by atoms with van der Waals surface area (Å²) in [6.45, 7) is 3.40. The van der Waals surface area contributed by atoms with E-state index in [-0.39, 0.29) is 11.1 Å². The van der Waals surface area contributed by atoms with Gasteiger partial charge in [0, 0.05) is 10.6 Å². The van der Waals surface area contributed by atoms with Crippen LogP contribution in [0.25, 0.3) is 0 Å². The summed E-state index contributed by atoms with van der Waals surface area (Å²) in [7, 11) is 0. The highest BCUT2D eigenvalue weighted by Crippen LogP contribution is 2.30. The second kappa shape index (κ2) is 5.27. The predicted octanol–water partition coefficient (Wildman–Crippen LogP) is 4.28. The molecule has 100 valence electrons. The molecule has 2 rings (SSSR count). The quantitative estimate of drug-likeness (QED) is 0.873. The van der Waals surface area contributed by atoms with Crippen molar-refractivity contribution in [1.29, 1.82) is 0 Å². The Hall–Kier alpha value is -1.45. The molecule has 0 aromatic heterocycles. The number of benzene rings is 2. The zero-order valence-electron chi connectivity index (χ0n) is 10.7. The Labute approximate surface area is 116 Å². The molecule has 4 heteroatoms. The van der Waals surface area contributed by atoms with Gasteiger partial charge in [-0.1, -0.05) is 35.9 Å². The van der Waals surface area contributed by atoms with Gasteiger partial charge in [-0.15, -0.1) is 0 Å². The van der Waals surface area contributed by atoms with Crippen LogP contribution in [0, 0.1) is 25.5 Å². The van der Waals surface area contributed by atoms with Crippen molar-refractivity contribution in [2.75, 3.05) is 0 Å². The molecule has 2 aromatic rings. The van der Waals surface area contributed by atoms with Crippen molar-refractivity contribution in [2.45, 2.75) is 19.9 Å².